The summed E-state index contributed by atoms with van der Waals surface area (Å²) in [6.45, 7) is 7.37. The van der Waals surface area contributed by atoms with Crippen LogP contribution in [-0.4, -0.2) is 44.5 Å². The van der Waals surface area contributed by atoms with Crippen LogP contribution in [0, 0.1) is 0 Å². The second-order valence-electron chi connectivity index (χ2n) is 13.8. The zero-order valence-corrected chi connectivity index (χ0v) is 31.6. The van der Waals surface area contributed by atoms with Crippen LogP contribution in [0.2, 0.25) is 0 Å². The molecule has 276 valence electrons. The van der Waals surface area contributed by atoms with Crippen molar-refractivity contribution < 1.29 is 9.47 Å². The second-order valence-corrected chi connectivity index (χ2v) is 13.8. The summed E-state index contributed by atoms with van der Waals surface area (Å²) in [7, 11) is 0. The van der Waals surface area contributed by atoms with Crippen LogP contribution in [0.4, 0.5) is 0 Å². The predicted octanol–water partition coefficient (Wildman–Crippen LogP) is 11.8. The van der Waals surface area contributed by atoms with Crippen molar-refractivity contribution in [2.75, 3.05) is 13.2 Å². The van der Waals surface area contributed by atoms with Crippen molar-refractivity contribution in [3.8, 4) is 11.6 Å². The molecule has 0 aliphatic heterocycles. The van der Waals surface area contributed by atoms with Gasteiger partial charge in [0.05, 0.1) is 25.3 Å². The first-order chi connectivity index (χ1) is 25.3. The van der Waals surface area contributed by atoms with E-state index in [2.05, 4.69) is 108 Å². The molecule has 0 saturated heterocycles. The van der Waals surface area contributed by atoms with E-state index < -0.39 is 0 Å². The van der Waals surface area contributed by atoms with Gasteiger partial charge in [-0.15, -0.1) is 0 Å². The fourth-order valence-electron chi connectivity index (χ4n) is 6.38. The molecule has 2 atom stereocenters. The van der Waals surface area contributed by atoms with Crippen LogP contribution >= 0.6 is 0 Å². The van der Waals surface area contributed by atoms with E-state index in [9.17, 15) is 0 Å². The number of imidazole rings is 2. The van der Waals surface area contributed by atoms with E-state index in [1.54, 1.807) is 0 Å². The van der Waals surface area contributed by atoms with Gasteiger partial charge in [0, 0.05) is 38.0 Å². The lowest BCUT2D eigenvalue weighted by molar-refractivity contribution is 0.0701. The third kappa shape index (κ3) is 16.0. The highest BCUT2D eigenvalue weighted by atomic mass is 16.5. The number of nitrogens with zero attached hydrogens (tertiary/aromatic N) is 4. The summed E-state index contributed by atoms with van der Waals surface area (Å²) in [4.78, 5) is 9.60. The van der Waals surface area contributed by atoms with Gasteiger partial charge in [0.15, 0.2) is 11.6 Å². The fraction of sp³-hybridized carbons (Fsp3) is 0.511. The Labute approximate surface area is 309 Å². The minimum Gasteiger partial charge on any atom is -0.372 e. The highest BCUT2D eigenvalue weighted by Gasteiger charge is 2.18. The van der Waals surface area contributed by atoms with Crippen LogP contribution in [0.5, 0.6) is 0 Å². The molecule has 0 amide bonds. The zero-order valence-electron chi connectivity index (χ0n) is 31.6. The average molecular weight is 693 g/mol. The molecule has 2 unspecified atom stereocenters. The quantitative estimate of drug-likeness (QED) is 0.0556. The van der Waals surface area contributed by atoms with Crippen molar-refractivity contribution in [3.05, 3.63) is 109 Å². The van der Waals surface area contributed by atoms with Gasteiger partial charge in [0.25, 0.3) is 0 Å². The first-order valence-corrected chi connectivity index (χ1v) is 20.0. The Hall–Kier alpha value is -3.74. The van der Waals surface area contributed by atoms with Gasteiger partial charge in [-0.2, -0.15) is 0 Å². The number of ether oxygens (including phenoxy) is 2. The summed E-state index contributed by atoms with van der Waals surface area (Å²) in [6, 6.07) is 20.9. The summed E-state index contributed by atoms with van der Waals surface area (Å²) in [5.41, 5.74) is 2.34. The molecular formula is C45H64N4O2. The van der Waals surface area contributed by atoms with E-state index in [1.807, 2.05) is 24.8 Å². The van der Waals surface area contributed by atoms with Gasteiger partial charge in [-0.25, -0.2) is 9.97 Å². The maximum atomic E-state index is 6.52. The van der Waals surface area contributed by atoms with Crippen LogP contribution in [0.3, 0.4) is 0 Å². The molecule has 0 saturated carbocycles. The van der Waals surface area contributed by atoms with Gasteiger partial charge >= 0.3 is 0 Å². The minimum atomic E-state index is -0.0852. The van der Waals surface area contributed by atoms with Crippen LogP contribution in [0.25, 0.3) is 23.8 Å². The standard InChI is InChI=1S/C45H64N4O2/c1-3-5-7-9-11-13-15-23-37-51-43(31-29-41-26-20-17-21-27-41)39-49-35-33-47-45(49)44-46-32-34-48(44)38-42(30-28-40-24-18-16-19-25-40)50-36-22-14-12-10-8-6-4-2/h16-21,24-35,42-43H,3-15,22-23,36-39H2,1-2H3. The highest BCUT2D eigenvalue weighted by molar-refractivity contribution is 5.50. The van der Waals surface area contributed by atoms with E-state index in [0.29, 0.717) is 13.1 Å². The number of rotatable bonds is 28. The molecule has 2 aromatic heterocycles. The fourth-order valence-corrected chi connectivity index (χ4v) is 6.38. The predicted molar refractivity (Wildman–Crippen MR) is 214 cm³/mol. The molecule has 6 heteroatoms. The summed E-state index contributed by atoms with van der Waals surface area (Å²) < 4.78 is 17.4. The Morgan fingerprint density at radius 1 is 0.510 bits per heavy atom. The van der Waals surface area contributed by atoms with Crippen molar-refractivity contribution in [2.45, 2.75) is 135 Å². The van der Waals surface area contributed by atoms with Crippen molar-refractivity contribution in [1.82, 2.24) is 19.1 Å². The van der Waals surface area contributed by atoms with Crippen LogP contribution in [0.15, 0.2) is 97.6 Å². The second kappa shape index (κ2) is 25.3. The van der Waals surface area contributed by atoms with Crippen LogP contribution in [0.1, 0.15) is 121 Å². The first-order valence-electron chi connectivity index (χ1n) is 20.0. The maximum Gasteiger partial charge on any atom is 0.176 e. The molecule has 0 fully saturated rings. The first kappa shape index (κ1) is 40.0. The highest BCUT2D eigenvalue weighted by Crippen LogP contribution is 2.20. The molecule has 0 radical (unpaired) electrons. The third-order valence-corrected chi connectivity index (χ3v) is 9.40. The van der Waals surface area contributed by atoms with E-state index in [-0.39, 0.29) is 12.2 Å². The van der Waals surface area contributed by atoms with Crippen molar-refractivity contribution >= 4 is 12.2 Å². The van der Waals surface area contributed by atoms with Gasteiger partial charge in [-0.1, -0.05) is 182 Å². The average Bonchev–Trinajstić information content (AvgIpc) is 3.82. The van der Waals surface area contributed by atoms with Gasteiger partial charge in [-0.05, 0) is 24.0 Å². The molecule has 2 heterocycles. The Balaban J connectivity index is 1.40. The molecule has 0 bridgehead atoms. The minimum absolute atomic E-state index is 0.0850. The van der Waals surface area contributed by atoms with E-state index in [1.165, 1.54) is 94.6 Å². The van der Waals surface area contributed by atoms with Gasteiger partial charge in [0.1, 0.15) is 0 Å². The molecule has 6 nitrogen and oxygen atoms in total. The normalized spacial score (nSPS) is 13.1. The Morgan fingerprint density at radius 3 is 1.27 bits per heavy atom. The summed E-state index contributed by atoms with van der Waals surface area (Å²) in [5.74, 6) is 1.68. The molecule has 0 spiro atoms. The van der Waals surface area contributed by atoms with Crippen LogP contribution in [-0.2, 0) is 22.6 Å². The summed E-state index contributed by atoms with van der Waals surface area (Å²) >= 11 is 0. The van der Waals surface area contributed by atoms with Gasteiger partial charge in [0.2, 0.25) is 0 Å². The maximum absolute atomic E-state index is 6.52. The van der Waals surface area contributed by atoms with E-state index in [4.69, 9.17) is 19.4 Å². The van der Waals surface area contributed by atoms with E-state index in [0.717, 1.165) is 37.7 Å². The molecule has 4 aromatic rings. The molecule has 0 aliphatic carbocycles. The number of unbranched alkanes of at least 4 members (excludes halogenated alkanes) is 13. The molecule has 51 heavy (non-hydrogen) atoms. The smallest absolute Gasteiger partial charge is 0.176 e. The molecule has 4 rings (SSSR count). The number of aromatic nitrogens is 4. The van der Waals surface area contributed by atoms with Crippen LogP contribution < -0.4 is 0 Å². The topological polar surface area (TPSA) is 54.1 Å². The lowest BCUT2D eigenvalue weighted by Crippen LogP contribution is -2.21. The summed E-state index contributed by atoms with van der Waals surface area (Å²) in [5, 5.41) is 0. The lowest BCUT2D eigenvalue weighted by Gasteiger charge is -2.19. The largest absolute Gasteiger partial charge is 0.372 e. The number of hydrogen-bond donors (Lipinski definition) is 0. The molecule has 2 aromatic carbocycles. The SMILES string of the molecule is CCCCCCCCCCOC(C=Cc1ccccc1)Cn1ccnc1-c1nccn1CC(C=Cc1ccccc1)OCCCCCCCCC. The monoisotopic (exact) mass is 693 g/mol. The van der Waals surface area contributed by atoms with Crippen molar-refractivity contribution in [2.24, 2.45) is 0 Å². The molecule has 0 N–H and O–H groups in total. The summed E-state index contributed by atoms with van der Waals surface area (Å²) in [6.07, 6.45) is 35.5. The Morgan fingerprint density at radius 2 is 0.882 bits per heavy atom. The molecular weight excluding hydrogens is 629 g/mol. The van der Waals surface area contributed by atoms with Crippen molar-refractivity contribution in [3.63, 3.8) is 0 Å². The zero-order chi connectivity index (χ0) is 35.6. The van der Waals surface area contributed by atoms with Gasteiger partial charge in [-0.3, -0.25) is 0 Å². The molecule has 0 aliphatic rings. The number of hydrogen-bond acceptors (Lipinski definition) is 4. The van der Waals surface area contributed by atoms with Crippen molar-refractivity contribution in [1.29, 1.82) is 0 Å². The third-order valence-electron chi connectivity index (χ3n) is 9.40. The number of benzene rings is 2. The van der Waals surface area contributed by atoms with Gasteiger partial charge < -0.3 is 18.6 Å². The lowest BCUT2D eigenvalue weighted by atomic mass is 10.1. The Bertz CT molecular complexity index is 1480. The van der Waals surface area contributed by atoms with E-state index >= 15 is 0 Å². The Kier molecular flexibility index (Phi) is 19.8.